The first-order chi connectivity index (χ1) is 5.20. The predicted molar refractivity (Wildman–Crippen MR) is 52.3 cm³/mol. The summed E-state index contributed by atoms with van der Waals surface area (Å²) in [6.45, 7) is 7.49. The van der Waals surface area contributed by atoms with E-state index in [1.54, 1.807) is 0 Å². The van der Waals surface area contributed by atoms with Crippen molar-refractivity contribution in [3.05, 3.63) is 0 Å². The van der Waals surface area contributed by atoms with Crippen LogP contribution in [0.25, 0.3) is 0 Å². The van der Waals surface area contributed by atoms with Gasteiger partial charge in [-0.3, -0.25) is 0 Å². The molecule has 0 radical (unpaired) electrons. The summed E-state index contributed by atoms with van der Waals surface area (Å²) in [4.78, 5) is 0. The van der Waals surface area contributed by atoms with Gasteiger partial charge >= 0.3 is 0 Å². The van der Waals surface area contributed by atoms with Crippen molar-refractivity contribution in [3.8, 4) is 0 Å². The fourth-order valence-electron chi connectivity index (χ4n) is 0.889. The normalized spacial score (nSPS) is 16.4. The third-order valence-corrected chi connectivity index (χ3v) is 2.27. The van der Waals surface area contributed by atoms with E-state index >= 15 is 0 Å². The second-order valence-corrected chi connectivity index (χ2v) is 3.72. The molecule has 11 heavy (non-hydrogen) atoms. The van der Waals surface area contributed by atoms with E-state index in [9.17, 15) is 0 Å². The van der Waals surface area contributed by atoms with Crippen molar-refractivity contribution in [2.45, 2.75) is 51.5 Å². The highest BCUT2D eigenvalue weighted by Gasteiger charge is 2.03. The largest absolute Gasteiger partial charge is 0.313 e. The quantitative estimate of drug-likeness (QED) is 0.616. The molecule has 1 N–H and O–H groups in total. The van der Waals surface area contributed by atoms with Crippen molar-refractivity contribution >= 4 is 11.6 Å². The number of hydrogen-bond donors (Lipinski definition) is 1. The van der Waals surface area contributed by atoms with Gasteiger partial charge in [0.15, 0.2) is 0 Å². The fraction of sp³-hybridized carbons (Fsp3) is 1.00. The molecule has 0 aromatic rings. The number of alkyl halides is 1. The Morgan fingerprint density at radius 3 is 2.45 bits per heavy atom. The van der Waals surface area contributed by atoms with Crippen LogP contribution in [0.4, 0.5) is 0 Å². The van der Waals surface area contributed by atoms with E-state index in [0.717, 1.165) is 13.0 Å². The number of halogens is 1. The molecule has 2 heteroatoms. The molecule has 68 valence electrons. The molecule has 0 aromatic heterocycles. The zero-order chi connectivity index (χ0) is 8.69. The van der Waals surface area contributed by atoms with Gasteiger partial charge in [-0.2, -0.15) is 0 Å². The molecule has 2 atom stereocenters. The summed E-state index contributed by atoms with van der Waals surface area (Å²) < 4.78 is 0. The third kappa shape index (κ3) is 6.64. The lowest BCUT2D eigenvalue weighted by atomic mass is 10.2. The summed E-state index contributed by atoms with van der Waals surface area (Å²) in [5.74, 6) is 0. The second kappa shape index (κ2) is 6.93. The standard InChI is InChI=1S/C9H20ClN/c1-4-6-9(10)7-11-8(3)5-2/h8-9,11H,4-7H2,1-3H3. The fourth-order valence-corrected chi connectivity index (χ4v) is 1.20. The highest BCUT2D eigenvalue weighted by molar-refractivity contribution is 6.20. The summed E-state index contributed by atoms with van der Waals surface area (Å²) in [6, 6.07) is 0.605. The van der Waals surface area contributed by atoms with Gasteiger partial charge in [0.2, 0.25) is 0 Å². The van der Waals surface area contributed by atoms with Crippen LogP contribution in [-0.4, -0.2) is 18.0 Å². The van der Waals surface area contributed by atoms with Gasteiger partial charge in [0.05, 0.1) is 0 Å². The van der Waals surface area contributed by atoms with Crippen LogP contribution in [-0.2, 0) is 0 Å². The first-order valence-corrected chi connectivity index (χ1v) is 5.01. The van der Waals surface area contributed by atoms with Crippen LogP contribution in [0.5, 0.6) is 0 Å². The Morgan fingerprint density at radius 1 is 1.36 bits per heavy atom. The molecule has 0 rings (SSSR count). The highest BCUT2D eigenvalue weighted by Crippen LogP contribution is 2.03. The van der Waals surface area contributed by atoms with Crippen molar-refractivity contribution in [2.24, 2.45) is 0 Å². The summed E-state index contributed by atoms with van der Waals surface area (Å²) >= 11 is 6.02. The second-order valence-electron chi connectivity index (χ2n) is 3.10. The van der Waals surface area contributed by atoms with Gasteiger partial charge in [0.25, 0.3) is 0 Å². The van der Waals surface area contributed by atoms with Gasteiger partial charge in [0.1, 0.15) is 0 Å². The molecule has 0 bridgehead atoms. The molecule has 1 nitrogen and oxygen atoms in total. The summed E-state index contributed by atoms with van der Waals surface area (Å²) in [7, 11) is 0. The molecule has 0 amide bonds. The van der Waals surface area contributed by atoms with Crippen molar-refractivity contribution in [1.29, 1.82) is 0 Å². The van der Waals surface area contributed by atoms with E-state index in [0.29, 0.717) is 11.4 Å². The topological polar surface area (TPSA) is 12.0 Å². The van der Waals surface area contributed by atoms with E-state index in [-0.39, 0.29) is 0 Å². The zero-order valence-electron chi connectivity index (χ0n) is 7.86. The van der Waals surface area contributed by atoms with Crippen molar-refractivity contribution in [2.75, 3.05) is 6.54 Å². The van der Waals surface area contributed by atoms with Crippen LogP contribution >= 0.6 is 11.6 Å². The molecule has 0 aliphatic heterocycles. The lowest BCUT2D eigenvalue weighted by molar-refractivity contribution is 0.518. The van der Waals surface area contributed by atoms with E-state index < -0.39 is 0 Å². The molecule has 0 aliphatic carbocycles. The molecule has 0 heterocycles. The van der Waals surface area contributed by atoms with Crippen molar-refractivity contribution < 1.29 is 0 Å². The highest BCUT2D eigenvalue weighted by atomic mass is 35.5. The molecular weight excluding hydrogens is 158 g/mol. The Balaban J connectivity index is 3.22. The van der Waals surface area contributed by atoms with Crippen molar-refractivity contribution in [3.63, 3.8) is 0 Å². The smallest absolute Gasteiger partial charge is 0.0460 e. The van der Waals surface area contributed by atoms with Gasteiger partial charge in [-0.1, -0.05) is 20.3 Å². The van der Waals surface area contributed by atoms with Gasteiger partial charge < -0.3 is 5.32 Å². The van der Waals surface area contributed by atoms with E-state index in [1.165, 1.54) is 12.8 Å². The maximum atomic E-state index is 6.02. The molecule has 0 saturated heterocycles. The van der Waals surface area contributed by atoms with Gasteiger partial charge in [-0.15, -0.1) is 11.6 Å². The molecule has 0 spiro atoms. The lowest BCUT2D eigenvalue weighted by Gasteiger charge is -2.14. The monoisotopic (exact) mass is 177 g/mol. The minimum Gasteiger partial charge on any atom is -0.313 e. The minimum atomic E-state index is 0.314. The Morgan fingerprint density at radius 2 is 2.00 bits per heavy atom. The lowest BCUT2D eigenvalue weighted by Crippen LogP contribution is -2.30. The molecule has 0 aliphatic rings. The van der Waals surface area contributed by atoms with Gasteiger partial charge in [-0.25, -0.2) is 0 Å². The molecule has 0 saturated carbocycles. The Kier molecular flexibility index (Phi) is 7.09. The summed E-state index contributed by atoms with van der Waals surface area (Å²) in [5, 5.41) is 3.70. The minimum absolute atomic E-state index is 0.314. The van der Waals surface area contributed by atoms with Crippen LogP contribution in [0.2, 0.25) is 0 Å². The van der Waals surface area contributed by atoms with Crippen LogP contribution in [0.1, 0.15) is 40.0 Å². The molecule has 2 unspecified atom stereocenters. The number of rotatable bonds is 6. The Bertz CT molecular complexity index is 85.6. The Labute approximate surface area is 75.5 Å². The maximum Gasteiger partial charge on any atom is 0.0460 e. The first-order valence-electron chi connectivity index (χ1n) is 4.58. The SMILES string of the molecule is CCCC(Cl)CNC(C)CC. The molecule has 0 aromatic carbocycles. The van der Waals surface area contributed by atoms with Crippen molar-refractivity contribution in [1.82, 2.24) is 5.32 Å². The maximum absolute atomic E-state index is 6.02. The predicted octanol–water partition coefficient (Wildman–Crippen LogP) is 2.78. The number of nitrogens with one attached hydrogen (secondary N) is 1. The Hall–Kier alpha value is 0.250. The van der Waals surface area contributed by atoms with Gasteiger partial charge in [-0.05, 0) is 19.8 Å². The van der Waals surface area contributed by atoms with Crippen LogP contribution < -0.4 is 5.32 Å². The average Bonchev–Trinajstić information content (AvgIpc) is 2.01. The summed E-state index contributed by atoms with van der Waals surface area (Å²) in [5.41, 5.74) is 0. The first kappa shape index (κ1) is 11.2. The van der Waals surface area contributed by atoms with Crippen LogP contribution in [0.3, 0.4) is 0 Å². The number of hydrogen-bond acceptors (Lipinski definition) is 1. The van der Waals surface area contributed by atoms with E-state index in [2.05, 4.69) is 26.1 Å². The molecular formula is C9H20ClN. The van der Waals surface area contributed by atoms with Crippen LogP contribution in [0.15, 0.2) is 0 Å². The van der Waals surface area contributed by atoms with Gasteiger partial charge in [0, 0.05) is 18.0 Å². The average molecular weight is 178 g/mol. The third-order valence-electron chi connectivity index (χ3n) is 1.90. The van der Waals surface area contributed by atoms with E-state index in [4.69, 9.17) is 11.6 Å². The molecule has 0 fully saturated rings. The summed E-state index contributed by atoms with van der Waals surface area (Å²) in [6.07, 6.45) is 3.47. The van der Waals surface area contributed by atoms with Crippen LogP contribution in [0, 0.1) is 0 Å². The van der Waals surface area contributed by atoms with E-state index in [1.807, 2.05) is 0 Å². The zero-order valence-corrected chi connectivity index (χ0v) is 8.62.